The van der Waals surface area contributed by atoms with Crippen LogP contribution in [0.4, 0.5) is 5.13 Å². The van der Waals surface area contributed by atoms with Crippen LogP contribution >= 0.6 is 11.5 Å². The molecule has 0 saturated heterocycles. The summed E-state index contributed by atoms with van der Waals surface area (Å²) in [5.41, 5.74) is 1.08. The molecule has 9 heteroatoms. The quantitative estimate of drug-likeness (QED) is 0.461. The van der Waals surface area contributed by atoms with E-state index in [1.807, 2.05) is 60.3 Å². The molecule has 8 nitrogen and oxygen atoms in total. The number of anilines is 1. The number of likely N-dealkylation sites (N-methyl/N-ethyl adjacent to an activating group) is 1. The highest BCUT2D eigenvalue weighted by Crippen LogP contribution is 2.22. The number of benzene rings is 1. The Morgan fingerprint density at radius 1 is 1.23 bits per heavy atom. The van der Waals surface area contributed by atoms with Gasteiger partial charge in [0.1, 0.15) is 17.3 Å². The van der Waals surface area contributed by atoms with E-state index in [1.54, 1.807) is 13.4 Å². The summed E-state index contributed by atoms with van der Waals surface area (Å²) in [6.07, 6.45) is 2.64. The third kappa shape index (κ3) is 7.37. The Morgan fingerprint density at radius 3 is 2.84 bits per heavy atom. The van der Waals surface area contributed by atoms with Crippen LogP contribution in [0, 0.1) is 0 Å². The molecule has 0 unspecified atom stereocenters. The Bertz CT molecular complexity index is 942. The van der Waals surface area contributed by atoms with Gasteiger partial charge >= 0.3 is 0 Å². The topological polar surface area (TPSA) is 83.7 Å². The van der Waals surface area contributed by atoms with Crippen LogP contribution in [0.1, 0.15) is 23.6 Å². The van der Waals surface area contributed by atoms with Gasteiger partial charge in [0.15, 0.2) is 0 Å². The van der Waals surface area contributed by atoms with Crippen molar-refractivity contribution in [3.8, 4) is 5.75 Å². The first kappa shape index (κ1) is 22.8. The first-order valence-electron chi connectivity index (χ1n) is 10.2. The van der Waals surface area contributed by atoms with Gasteiger partial charge in [0.2, 0.25) is 11.0 Å². The molecule has 0 fully saturated rings. The van der Waals surface area contributed by atoms with Crippen molar-refractivity contribution in [1.29, 1.82) is 0 Å². The van der Waals surface area contributed by atoms with E-state index in [4.69, 9.17) is 14.1 Å². The Balaban J connectivity index is 1.64. The van der Waals surface area contributed by atoms with E-state index in [2.05, 4.69) is 9.69 Å². The summed E-state index contributed by atoms with van der Waals surface area (Å²) in [6, 6.07) is 11.7. The number of amides is 1. The molecule has 3 rings (SSSR count). The summed E-state index contributed by atoms with van der Waals surface area (Å²) < 4.78 is 15.3. The van der Waals surface area contributed by atoms with E-state index in [9.17, 15) is 4.79 Å². The zero-order valence-corrected chi connectivity index (χ0v) is 19.0. The molecule has 0 atom stereocenters. The molecule has 0 saturated carbocycles. The Morgan fingerprint density at radius 2 is 2.10 bits per heavy atom. The maximum atomic E-state index is 12.2. The molecule has 31 heavy (non-hydrogen) atoms. The Labute approximate surface area is 187 Å². The second-order valence-electron chi connectivity index (χ2n) is 7.43. The largest absolute Gasteiger partial charge is 0.497 e. The van der Waals surface area contributed by atoms with Gasteiger partial charge in [-0.1, -0.05) is 12.1 Å². The predicted molar refractivity (Wildman–Crippen MR) is 122 cm³/mol. The molecule has 3 aromatic rings. The van der Waals surface area contributed by atoms with E-state index in [-0.39, 0.29) is 5.91 Å². The molecular formula is C22H29N5O3S. The van der Waals surface area contributed by atoms with Crippen LogP contribution in [0.15, 0.2) is 47.1 Å². The number of nitrogens with zero attached hydrogens (tertiary/aromatic N) is 4. The molecule has 1 aromatic carbocycles. The van der Waals surface area contributed by atoms with Gasteiger partial charge in [0, 0.05) is 44.0 Å². The molecule has 2 aromatic heterocycles. The van der Waals surface area contributed by atoms with E-state index in [1.165, 1.54) is 11.5 Å². The van der Waals surface area contributed by atoms with E-state index in [0.717, 1.165) is 34.6 Å². The highest BCUT2D eigenvalue weighted by molar-refractivity contribution is 7.09. The van der Waals surface area contributed by atoms with Crippen molar-refractivity contribution < 1.29 is 13.9 Å². The lowest BCUT2D eigenvalue weighted by Crippen LogP contribution is -2.34. The fourth-order valence-corrected chi connectivity index (χ4v) is 3.70. The maximum Gasteiger partial charge on any atom is 0.221 e. The molecule has 1 N–H and O–H groups in total. The van der Waals surface area contributed by atoms with Crippen LogP contribution in [-0.2, 0) is 17.8 Å². The summed E-state index contributed by atoms with van der Waals surface area (Å²) in [6.45, 7) is 2.51. The van der Waals surface area contributed by atoms with Crippen molar-refractivity contribution in [2.75, 3.05) is 45.7 Å². The van der Waals surface area contributed by atoms with Gasteiger partial charge in [-0.05, 0) is 43.9 Å². The molecule has 0 bridgehead atoms. The molecule has 2 heterocycles. The van der Waals surface area contributed by atoms with E-state index >= 15 is 0 Å². The number of carbonyl (C=O) groups excluding carboxylic acids is 1. The average molecular weight is 444 g/mol. The molecule has 1 amide bonds. The SMILES string of the molecule is COc1cccc(Cc2nsc(N(CCC(=O)NCCN(C)C)Cc3ccco3)n2)c1. The van der Waals surface area contributed by atoms with Crippen LogP contribution in [0.5, 0.6) is 5.75 Å². The lowest BCUT2D eigenvalue weighted by molar-refractivity contribution is -0.120. The average Bonchev–Trinajstić information content (AvgIpc) is 3.43. The van der Waals surface area contributed by atoms with E-state index < -0.39 is 0 Å². The zero-order chi connectivity index (χ0) is 22.1. The van der Waals surface area contributed by atoms with Crippen molar-refractivity contribution >= 4 is 22.6 Å². The van der Waals surface area contributed by atoms with Crippen molar-refractivity contribution in [3.05, 3.63) is 59.8 Å². The number of rotatable bonds is 12. The van der Waals surface area contributed by atoms with Crippen molar-refractivity contribution in [1.82, 2.24) is 19.6 Å². The van der Waals surface area contributed by atoms with Gasteiger partial charge in [-0.15, -0.1) is 0 Å². The van der Waals surface area contributed by atoms with Crippen LogP contribution in [0.2, 0.25) is 0 Å². The highest BCUT2D eigenvalue weighted by atomic mass is 32.1. The van der Waals surface area contributed by atoms with Gasteiger partial charge in [-0.2, -0.15) is 4.37 Å². The number of carbonyl (C=O) groups is 1. The molecule has 0 aliphatic carbocycles. The summed E-state index contributed by atoms with van der Waals surface area (Å²) >= 11 is 1.34. The number of ether oxygens (including phenoxy) is 1. The first-order valence-corrected chi connectivity index (χ1v) is 10.9. The number of methoxy groups -OCH3 is 1. The summed E-state index contributed by atoms with van der Waals surface area (Å²) in [7, 11) is 5.62. The maximum absolute atomic E-state index is 12.2. The number of nitrogens with one attached hydrogen (secondary N) is 1. The molecule has 0 radical (unpaired) electrons. The predicted octanol–water partition coefficient (Wildman–Crippen LogP) is 2.81. The van der Waals surface area contributed by atoms with Crippen LogP contribution in [0.3, 0.4) is 0 Å². The molecule has 166 valence electrons. The zero-order valence-electron chi connectivity index (χ0n) is 18.2. The number of furan rings is 1. The Hall–Kier alpha value is -2.91. The van der Waals surface area contributed by atoms with Crippen molar-refractivity contribution in [3.63, 3.8) is 0 Å². The Kier molecular flexibility index (Phi) is 8.43. The minimum atomic E-state index is 0.0208. The highest BCUT2D eigenvalue weighted by Gasteiger charge is 2.16. The molecular weight excluding hydrogens is 414 g/mol. The van der Waals surface area contributed by atoms with Crippen LogP contribution in [-0.4, -0.2) is 61.0 Å². The molecule has 0 spiro atoms. The standard InChI is InChI=1S/C22H29N5O3S/c1-26(2)12-10-23-21(28)9-11-27(16-19-8-5-13-30-19)22-24-20(25-31-22)15-17-6-4-7-18(14-17)29-3/h4-8,13-14H,9-12,15-16H2,1-3H3,(H,23,28). The van der Waals surface area contributed by atoms with Crippen molar-refractivity contribution in [2.45, 2.75) is 19.4 Å². The summed E-state index contributed by atoms with van der Waals surface area (Å²) in [4.78, 5) is 21.0. The number of hydrogen-bond donors (Lipinski definition) is 1. The smallest absolute Gasteiger partial charge is 0.221 e. The van der Waals surface area contributed by atoms with Gasteiger partial charge in [-0.3, -0.25) is 4.79 Å². The third-order valence-corrected chi connectivity index (χ3v) is 5.46. The lowest BCUT2D eigenvalue weighted by Gasteiger charge is -2.20. The van der Waals surface area contributed by atoms with Gasteiger partial charge in [0.05, 0.1) is 19.9 Å². The summed E-state index contributed by atoms with van der Waals surface area (Å²) in [5, 5.41) is 3.73. The fourth-order valence-electron chi connectivity index (χ4n) is 2.99. The number of hydrogen-bond acceptors (Lipinski definition) is 8. The van der Waals surface area contributed by atoms with Gasteiger partial charge < -0.3 is 24.3 Å². The fraction of sp³-hybridized carbons (Fsp3) is 0.409. The lowest BCUT2D eigenvalue weighted by atomic mass is 10.1. The van der Waals surface area contributed by atoms with Crippen molar-refractivity contribution in [2.24, 2.45) is 0 Å². The van der Waals surface area contributed by atoms with Crippen LogP contribution in [0.25, 0.3) is 0 Å². The first-order chi connectivity index (χ1) is 15.0. The number of aromatic nitrogens is 2. The molecule has 0 aliphatic rings. The summed E-state index contributed by atoms with van der Waals surface area (Å²) in [5.74, 6) is 2.39. The van der Waals surface area contributed by atoms with Gasteiger partial charge in [0.25, 0.3) is 0 Å². The minimum absolute atomic E-state index is 0.0208. The third-order valence-electron chi connectivity index (χ3n) is 4.64. The normalized spacial score (nSPS) is 11.0. The monoisotopic (exact) mass is 443 g/mol. The molecule has 0 aliphatic heterocycles. The second-order valence-corrected chi connectivity index (χ2v) is 8.16. The van der Waals surface area contributed by atoms with Gasteiger partial charge in [-0.25, -0.2) is 4.98 Å². The van der Waals surface area contributed by atoms with E-state index in [0.29, 0.717) is 32.5 Å². The minimum Gasteiger partial charge on any atom is -0.497 e. The second kappa shape index (κ2) is 11.5. The van der Waals surface area contributed by atoms with Crippen LogP contribution < -0.4 is 15.0 Å².